The first kappa shape index (κ1) is 12.0. The summed E-state index contributed by atoms with van der Waals surface area (Å²) in [6, 6.07) is 16.0. The van der Waals surface area contributed by atoms with E-state index in [1.807, 2.05) is 24.3 Å². The topological polar surface area (TPSA) is 38.0 Å². The van der Waals surface area contributed by atoms with Crippen molar-refractivity contribution in [1.82, 2.24) is 0 Å². The molecule has 88 valence electrons. The first-order valence-electron chi connectivity index (χ1n) is 5.55. The lowest BCUT2D eigenvalue weighted by Gasteiger charge is -2.07. The van der Waals surface area contributed by atoms with Crippen molar-refractivity contribution >= 4 is 17.3 Å². The van der Waals surface area contributed by atoms with Crippen molar-refractivity contribution in [3.63, 3.8) is 0 Å². The van der Waals surface area contributed by atoms with Crippen molar-refractivity contribution in [2.45, 2.75) is 13.1 Å². The average molecular weight is 247 g/mol. The predicted octanol–water partition coefficient (Wildman–Crippen LogP) is 3.41. The molecule has 0 aliphatic carbocycles. The van der Waals surface area contributed by atoms with Crippen LogP contribution in [0.1, 0.15) is 11.1 Å². The van der Waals surface area contributed by atoms with Gasteiger partial charge in [0.25, 0.3) is 0 Å². The molecule has 2 nitrogen and oxygen atoms in total. The van der Waals surface area contributed by atoms with Crippen LogP contribution >= 0.6 is 11.6 Å². The Morgan fingerprint density at radius 2 is 1.47 bits per heavy atom. The Morgan fingerprint density at radius 1 is 0.882 bits per heavy atom. The van der Waals surface area contributed by atoms with E-state index in [1.54, 1.807) is 0 Å². The Labute approximate surface area is 106 Å². The number of nitrogens with two attached hydrogens (primary N) is 1. The van der Waals surface area contributed by atoms with E-state index in [9.17, 15) is 0 Å². The van der Waals surface area contributed by atoms with E-state index in [-0.39, 0.29) is 0 Å². The van der Waals surface area contributed by atoms with Gasteiger partial charge in [0.05, 0.1) is 0 Å². The molecule has 2 aromatic carbocycles. The molecule has 0 bridgehead atoms. The molecule has 17 heavy (non-hydrogen) atoms. The lowest BCUT2D eigenvalue weighted by molar-refractivity contribution is 1.06. The number of hydrogen-bond donors (Lipinski definition) is 2. The summed E-state index contributed by atoms with van der Waals surface area (Å²) in [7, 11) is 0. The zero-order chi connectivity index (χ0) is 12.1. The molecule has 0 unspecified atom stereocenters. The third-order valence-electron chi connectivity index (χ3n) is 2.60. The number of benzene rings is 2. The highest BCUT2D eigenvalue weighted by atomic mass is 35.5. The molecule has 0 aliphatic rings. The minimum Gasteiger partial charge on any atom is -0.381 e. The molecule has 0 fully saturated rings. The second-order valence-corrected chi connectivity index (χ2v) is 4.32. The monoisotopic (exact) mass is 246 g/mol. The summed E-state index contributed by atoms with van der Waals surface area (Å²) >= 11 is 5.82. The summed E-state index contributed by atoms with van der Waals surface area (Å²) in [6.45, 7) is 1.39. The molecular weight excluding hydrogens is 232 g/mol. The maximum absolute atomic E-state index is 5.82. The molecule has 2 aromatic rings. The molecule has 2 rings (SSSR count). The first-order valence-corrected chi connectivity index (χ1v) is 5.93. The van der Waals surface area contributed by atoms with Crippen LogP contribution in [0, 0.1) is 0 Å². The maximum Gasteiger partial charge on any atom is 0.0407 e. The van der Waals surface area contributed by atoms with Gasteiger partial charge in [-0.15, -0.1) is 0 Å². The lowest BCUT2D eigenvalue weighted by Crippen LogP contribution is -2.00. The van der Waals surface area contributed by atoms with E-state index in [0.717, 1.165) is 22.8 Å². The quantitative estimate of drug-likeness (QED) is 0.868. The Morgan fingerprint density at radius 3 is 2.06 bits per heavy atom. The van der Waals surface area contributed by atoms with Crippen LogP contribution in [0.4, 0.5) is 5.69 Å². The zero-order valence-corrected chi connectivity index (χ0v) is 10.2. The Balaban J connectivity index is 1.95. The average Bonchev–Trinajstić information content (AvgIpc) is 2.39. The number of halogens is 1. The van der Waals surface area contributed by atoms with Crippen molar-refractivity contribution in [1.29, 1.82) is 0 Å². The number of nitrogens with one attached hydrogen (secondary N) is 1. The molecule has 0 heterocycles. The molecule has 3 N–H and O–H groups in total. The van der Waals surface area contributed by atoms with Gasteiger partial charge in [0.2, 0.25) is 0 Å². The third kappa shape index (κ3) is 3.48. The fourth-order valence-electron chi connectivity index (χ4n) is 1.57. The second kappa shape index (κ2) is 5.71. The number of anilines is 1. The van der Waals surface area contributed by atoms with Crippen LogP contribution in [0.5, 0.6) is 0 Å². The number of rotatable bonds is 4. The molecule has 0 atom stereocenters. The van der Waals surface area contributed by atoms with Gasteiger partial charge < -0.3 is 11.1 Å². The standard InChI is InChI=1S/C14H15ClN2/c15-13-5-7-14(8-6-13)17-10-12-3-1-11(9-16)2-4-12/h1-8,17H,9-10,16H2. The molecule has 0 radical (unpaired) electrons. The predicted molar refractivity (Wildman–Crippen MR) is 73.1 cm³/mol. The molecular formula is C14H15ClN2. The van der Waals surface area contributed by atoms with E-state index >= 15 is 0 Å². The smallest absolute Gasteiger partial charge is 0.0407 e. The lowest BCUT2D eigenvalue weighted by atomic mass is 10.1. The molecule has 0 aromatic heterocycles. The van der Waals surface area contributed by atoms with Crippen LogP contribution in [0.15, 0.2) is 48.5 Å². The van der Waals surface area contributed by atoms with Gasteiger partial charge in [0, 0.05) is 23.8 Å². The van der Waals surface area contributed by atoms with Crippen LogP contribution in [0.25, 0.3) is 0 Å². The zero-order valence-electron chi connectivity index (χ0n) is 9.49. The summed E-state index contributed by atoms with van der Waals surface area (Å²) in [5.41, 5.74) is 9.00. The Kier molecular flexibility index (Phi) is 4.02. The highest BCUT2D eigenvalue weighted by molar-refractivity contribution is 6.30. The summed E-state index contributed by atoms with van der Waals surface area (Å²) < 4.78 is 0. The van der Waals surface area contributed by atoms with Gasteiger partial charge in [-0.3, -0.25) is 0 Å². The van der Waals surface area contributed by atoms with Crippen LogP contribution in [-0.2, 0) is 13.1 Å². The minimum atomic E-state index is 0.588. The van der Waals surface area contributed by atoms with Crippen molar-refractivity contribution in [3.05, 3.63) is 64.7 Å². The Hall–Kier alpha value is -1.51. The Bertz CT molecular complexity index is 463. The first-order chi connectivity index (χ1) is 8.28. The fraction of sp³-hybridized carbons (Fsp3) is 0.143. The van der Waals surface area contributed by atoms with E-state index in [4.69, 9.17) is 17.3 Å². The van der Waals surface area contributed by atoms with Crippen LogP contribution in [0.2, 0.25) is 5.02 Å². The summed E-state index contributed by atoms with van der Waals surface area (Å²) in [4.78, 5) is 0. The van der Waals surface area contributed by atoms with Crippen molar-refractivity contribution in [2.75, 3.05) is 5.32 Å². The van der Waals surface area contributed by atoms with Crippen molar-refractivity contribution in [3.8, 4) is 0 Å². The van der Waals surface area contributed by atoms with Gasteiger partial charge >= 0.3 is 0 Å². The van der Waals surface area contributed by atoms with Crippen LogP contribution in [-0.4, -0.2) is 0 Å². The van der Waals surface area contributed by atoms with E-state index in [1.165, 1.54) is 5.56 Å². The molecule has 0 aliphatic heterocycles. The molecule has 0 spiro atoms. The fourth-order valence-corrected chi connectivity index (χ4v) is 1.69. The van der Waals surface area contributed by atoms with Gasteiger partial charge in [-0.05, 0) is 35.4 Å². The molecule has 0 saturated carbocycles. The van der Waals surface area contributed by atoms with E-state index < -0.39 is 0 Å². The highest BCUT2D eigenvalue weighted by Crippen LogP contribution is 2.14. The van der Waals surface area contributed by atoms with E-state index in [2.05, 4.69) is 29.6 Å². The second-order valence-electron chi connectivity index (χ2n) is 3.88. The number of hydrogen-bond acceptors (Lipinski definition) is 2. The van der Waals surface area contributed by atoms with Gasteiger partial charge in [-0.1, -0.05) is 35.9 Å². The molecule has 0 saturated heterocycles. The van der Waals surface area contributed by atoms with Crippen molar-refractivity contribution in [2.24, 2.45) is 5.73 Å². The van der Waals surface area contributed by atoms with Gasteiger partial charge in [0.15, 0.2) is 0 Å². The normalized spacial score (nSPS) is 10.2. The van der Waals surface area contributed by atoms with Crippen molar-refractivity contribution < 1.29 is 0 Å². The summed E-state index contributed by atoms with van der Waals surface area (Å²) in [5.74, 6) is 0. The molecule has 0 amide bonds. The SMILES string of the molecule is NCc1ccc(CNc2ccc(Cl)cc2)cc1. The minimum absolute atomic E-state index is 0.588. The summed E-state index contributed by atoms with van der Waals surface area (Å²) in [5, 5.41) is 4.09. The highest BCUT2D eigenvalue weighted by Gasteiger charge is 1.95. The van der Waals surface area contributed by atoms with Gasteiger partial charge in [-0.2, -0.15) is 0 Å². The van der Waals surface area contributed by atoms with Crippen LogP contribution in [0.3, 0.4) is 0 Å². The maximum atomic E-state index is 5.82. The van der Waals surface area contributed by atoms with Gasteiger partial charge in [-0.25, -0.2) is 0 Å². The van der Waals surface area contributed by atoms with E-state index in [0.29, 0.717) is 6.54 Å². The van der Waals surface area contributed by atoms with Crippen LogP contribution < -0.4 is 11.1 Å². The largest absolute Gasteiger partial charge is 0.381 e. The van der Waals surface area contributed by atoms with Gasteiger partial charge in [0.1, 0.15) is 0 Å². The third-order valence-corrected chi connectivity index (χ3v) is 2.85. The summed E-state index contributed by atoms with van der Waals surface area (Å²) in [6.07, 6.45) is 0. The molecule has 3 heteroatoms.